The number of nitrogens with zero attached hydrogens (tertiary/aromatic N) is 3. The molecule has 5 nitrogen and oxygen atoms in total. The van der Waals surface area contributed by atoms with Crippen molar-refractivity contribution in [2.45, 2.75) is 33.2 Å². The molecule has 0 atom stereocenters. The SMILES string of the molecule is Cc1cc(CNc2cc(C(C)C)ncn2)on1. The molecule has 0 aromatic carbocycles. The van der Waals surface area contributed by atoms with E-state index in [1.54, 1.807) is 6.33 Å². The molecular weight excluding hydrogens is 216 g/mol. The van der Waals surface area contributed by atoms with Crippen molar-refractivity contribution in [1.82, 2.24) is 15.1 Å². The van der Waals surface area contributed by atoms with E-state index in [1.165, 1.54) is 0 Å². The van der Waals surface area contributed by atoms with Crippen molar-refractivity contribution in [1.29, 1.82) is 0 Å². The van der Waals surface area contributed by atoms with E-state index in [9.17, 15) is 0 Å². The molecule has 5 heteroatoms. The summed E-state index contributed by atoms with van der Waals surface area (Å²) in [5, 5.41) is 7.01. The van der Waals surface area contributed by atoms with Gasteiger partial charge in [0, 0.05) is 17.8 Å². The molecule has 1 N–H and O–H groups in total. The maximum Gasteiger partial charge on any atom is 0.156 e. The van der Waals surface area contributed by atoms with E-state index in [2.05, 4.69) is 34.3 Å². The van der Waals surface area contributed by atoms with Crippen LogP contribution < -0.4 is 5.32 Å². The molecule has 0 radical (unpaired) electrons. The molecule has 0 aliphatic carbocycles. The van der Waals surface area contributed by atoms with Crippen LogP contribution in [0.2, 0.25) is 0 Å². The third-order valence-corrected chi connectivity index (χ3v) is 2.40. The molecule has 2 heterocycles. The second-order valence-corrected chi connectivity index (χ2v) is 4.27. The Morgan fingerprint density at radius 3 is 2.76 bits per heavy atom. The number of nitrogens with one attached hydrogen (secondary N) is 1. The standard InChI is InChI=1S/C12H16N4O/c1-8(2)11-5-12(15-7-14-11)13-6-10-4-9(3)16-17-10/h4-5,7-8H,6H2,1-3H3,(H,13,14,15). The second-order valence-electron chi connectivity index (χ2n) is 4.27. The van der Waals surface area contributed by atoms with Gasteiger partial charge in [0.1, 0.15) is 12.1 Å². The third kappa shape index (κ3) is 3.03. The zero-order valence-corrected chi connectivity index (χ0v) is 10.3. The molecule has 17 heavy (non-hydrogen) atoms. The summed E-state index contributed by atoms with van der Waals surface area (Å²) in [6.45, 7) is 6.68. The Morgan fingerprint density at radius 1 is 1.29 bits per heavy atom. The van der Waals surface area contributed by atoms with Crippen molar-refractivity contribution in [3.05, 3.63) is 35.6 Å². The molecule has 2 rings (SSSR count). The van der Waals surface area contributed by atoms with Gasteiger partial charge in [-0.1, -0.05) is 19.0 Å². The maximum absolute atomic E-state index is 5.11. The summed E-state index contributed by atoms with van der Waals surface area (Å²) in [5.74, 6) is 2.00. The number of rotatable bonds is 4. The summed E-state index contributed by atoms with van der Waals surface area (Å²) in [7, 11) is 0. The highest BCUT2D eigenvalue weighted by atomic mass is 16.5. The first-order valence-corrected chi connectivity index (χ1v) is 5.63. The lowest BCUT2D eigenvalue weighted by Crippen LogP contribution is -2.03. The van der Waals surface area contributed by atoms with Crippen LogP contribution in [0.1, 0.15) is 36.9 Å². The fourth-order valence-corrected chi connectivity index (χ4v) is 1.46. The van der Waals surface area contributed by atoms with Crippen molar-refractivity contribution < 1.29 is 4.52 Å². The predicted octanol–water partition coefficient (Wildman–Crippen LogP) is 2.51. The minimum atomic E-state index is 0.395. The van der Waals surface area contributed by atoms with Gasteiger partial charge in [0.05, 0.1) is 12.2 Å². The van der Waals surface area contributed by atoms with E-state index in [-0.39, 0.29) is 0 Å². The topological polar surface area (TPSA) is 63.8 Å². The molecule has 0 amide bonds. The summed E-state index contributed by atoms with van der Waals surface area (Å²) >= 11 is 0. The highest BCUT2D eigenvalue weighted by Crippen LogP contribution is 2.14. The van der Waals surface area contributed by atoms with Gasteiger partial charge in [-0.2, -0.15) is 0 Å². The number of anilines is 1. The molecule has 0 spiro atoms. The highest BCUT2D eigenvalue weighted by molar-refractivity contribution is 5.35. The Hall–Kier alpha value is -1.91. The fourth-order valence-electron chi connectivity index (χ4n) is 1.46. The Morgan fingerprint density at radius 2 is 2.12 bits per heavy atom. The van der Waals surface area contributed by atoms with Gasteiger partial charge in [-0.15, -0.1) is 0 Å². The zero-order valence-electron chi connectivity index (χ0n) is 10.3. The average Bonchev–Trinajstić information content (AvgIpc) is 2.73. The van der Waals surface area contributed by atoms with Gasteiger partial charge in [0.15, 0.2) is 5.76 Å². The number of hydrogen-bond acceptors (Lipinski definition) is 5. The third-order valence-electron chi connectivity index (χ3n) is 2.40. The maximum atomic E-state index is 5.11. The lowest BCUT2D eigenvalue weighted by molar-refractivity contribution is 0.384. The second kappa shape index (κ2) is 4.95. The summed E-state index contributed by atoms with van der Waals surface area (Å²) < 4.78 is 5.11. The molecule has 0 aliphatic rings. The molecule has 0 bridgehead atoms. The monoisotopic (exact) mass is 232 g/mol. The first-order chi connectivity index (χ1) is 8.15. The number of hydrogen-bond donors (Lipinski definition) is 1. The Kier molecular flexibility index (Phi) is 3.37. The Bertz CT molecular complexity index is 493. The first-order valence-electron chi connectivity index (χ1n) is 5.63. The van der Waals surface area contributed by atoms with Gasteiger partial charge in [-0.05, 0) is 12.8 Å². The lowest BCUT2D eigenvalue weighted by atomic mass is 10.1. The van der Waals surface area contributed by atoms with Crippen molar-refractivity contribution in [2.75, 3.05) is 5.32 Å². The highest BCUT2D eigenvalue weighted by Gasteiger charge is 2.04. The lowest BCUT2D eigenvalue weighted by Gasteiger charge is -2.07. The number of aryl methyl sites for hydroxylation is 1. The molecule has 0 aliphatic heterocycles. The van der Waals surface area contributed by atoms with Crippen LogP contribution >= 0.6 is 0 Å². The van der Waals surface area contributed by atoms with Gasteiger partial charge in [-0.25, -0.2) is 9.97 Å². The molecule has 90 valence electrons. The summed E-state index contributed by atoms with van der Waals surface area (Å²) in [6.07, 6.45) is 1.57. The molecule has 0 saturated carbocycles. The van der Waals surface area contributed by atoms with Crippen LogP contribution in [0.25, 0.3) is 0 Å². The minimum absolute atomic E-state index is 0.395. The van der Waals surface area contributed by atoms with Crippen molar-refractivity contribution in [3.63, 3.8) is 0 Å². The van der Waals surface area contributed by atoms with Crippen molar-refractivity contribution >= 4 is 5.82 Å². The van der Waals surface area contributed by atoms with Crippen LogP contribution in [-0.4, -0.2) is 15.1 Å². The van der Waals surface area contributed by atoms with Crippen LogP contribution in [-0.2, 0) is 6.54 Å². The Labute approximate surface area is 100 Å². The first kappa shape index (κ1) is 11.6. The summed E-state index contributed by atoms with van der Waals surface area (Å²) in [4.78, 5) is 8.37. The quantitative estimate of drug-likeness (QED) is 0.877. The van der Waals surface area contributed by atoms with E-state index in [0.29, 0.717) is 12.5 Å². The van der Waals surface area contributed by atoms with Crippen molar-refractivity contribution in [3.8, 4) is 0 Å². The normalized spacial score (nSPS) is 10.8. The molecular formula is C12H16N4O. The molecule has 0 unspecified atom stereocenters. The average molecular weight is 232 g/mol. The van der Waals surface area contributed by atoms with Crippen LogP contribution in [0.5, 0.6) is 0 Å². The number of aromatic nitrogens is 3. The van der Waals surface area contributed by atoms with Crippen LogP contribution in [0.3, 0.4) is 0 Å². The zero-order chi connectivity index (χ0) is 12.3. The largest absolute Gasteiger partial charge is 0.363 e. The van der Waals surface area contributed by atoms with Gasteiger partial charge >= 0.3 is 0 Å². The van der Waals surface area contributed by atoms with Crippen LogP contribution in [0, 0.1) is 6.92 Å². The van der Waals surface area contributed by atoms with E-state index in [1.807, 2.05) is 19.1 Å². The van der Waals surface area contributed by atoms with Crippen LogP contribution in [0.15, 0.2) is 23.0 Å². The molecule has 0 fully saturated rings. The van der Waals surface area contributed by atoms with Crippen LogP contribution in [0.4, 0.5) is 5.82 Å². The Balaban J connectivity index is 2.01. The van der Waals surface area contributed by atoms with E-state index < -0.39 is 0 Å². The van der Waals surface area contributed by atoms with Gasteiger partial charge in [0.25, 0.3) is 0 Å². The summed E-state index contributed by atoms with van der Waals surface area (Å²) in [6, 6.07) is 3.85. The van der Waals surface area contributed by atoms with E-state index >= 15 is 0 Å². The van der Waals surface area contributed by atoms with Gasteiger partial charge in [-0.3, -0.25) is 0 Å². The summed E-state index contributed by atoms with van der Waals surface area (Å²) in [5.41, 5.74) is 1.91. The van der Waals surface area contributed by atoms with Gasteiger partial charge < -0.3 is 9.84 Å². The van der Waals surface area contributed by atoms with Crippen molar-refractivity contribution in [2.24, 2.45) is 0 Å². The predicted molar refractivity (Wildman–Crippen MR) is 64.7 cm³/mol. The smallest absolute Gasteiger partial charge is 0.156 e. The molecule has 2 aromatic rings. The van der Waals surface area contributed by atoms with E-state index in [4.69, 9.17) is 4.52 Å². The molecule has 0 saturated heterocycles. The molecule has 2 aromatic heterocycles. The minimum Gasteiger partial charge on any atom is -0.363 e. The van der Waals surface area contributed by atoms with E-state index in [0.717, 1.165) is 23.0 Å². The van der Waals surface area contributed by atoms with Gasteiger partial charge in [0.2, 0.25) is 0 Å². The fraction of sp³-hybridized carbons (Fsp3) is 0.417.